The number of rotatable bonds is 14. The van der Waals surface area contributed by atoms with Gasteiger partial charge in [-0.3, -0.25) is 4.79 Å². The van der Waals surface area contributed by atoms with Crippen molar-refractivity contribution in [2.24, 2.45) is 11.8 Å². The van der Waals surface area contributed by atoms with E-state index in [9.17, 15) is 14.7 Å². The maximum absolute atomic E-state index is 11.8. The number of nitrogens with one attached hydrogen (secondary N) is 2. The molecule has 2 aromatic heterocycles. The van der Waals surface area contributed by atoms with Gasteiger partial charge in [-0.15, -0.1) is 18.6 Å². The molecular weight excluding hydrogens is 635 g/mol. The van der Waals surface area contributed by atoms with Crippen molar-refractivity contribution in [1.29, 1.82) is 0 Å². The maximum atomic E-state index is 11.8. The number of halogens is 2. The van der Waals surface area contributed by atoms with Crippen molar-refractivity contribution in [3.8, 4) is 0 Å². The van der Waals surface area contributed by atoms with E-state index in [-0.39, 0.29) is 16.4 Å². The van der Waals surface area contributed by atoms with Gasteiger partial charge in [-0.25, -0.2) is 0 Å². The smallest absolute Gasteiger partial charge is 0.161 e. The molecule has 0 spiro atoms. The van der Waals surface area contributed by atoms with E-state index in [4.69, 9.17) is 43.8 Å². The van der Waals surface area contributed by atoms with Crippen LogP contribution >= 0.6 is 47.3 Å². The van der Waals surface area contributed by atoms with Crippen LogP contribution in [0.25, 0.3) is 0 Å². The summed E-state index contributed by atoms with van der Waals surface area (Å²) in [7, 11) is 0. The van der Waals surface area contributed by atoms with Gasteiger partial charge in [0.25, 0.3) is 0 Å². The fourth-order valence-electron chi connectivity index (χ4n) is 3.29. The predicted molar refractivity (Wildman–Crippen MR) is 154 cm³/mol. The number of nitrogens with two attached hydrogens (primary N) is 2. The lowest BCUT2D eigenvalue weighted by Crippen LogP contribution is -2.23. The Hall–Kier alpha value is -3.22. The van der Waals surface area contributed by atoms with Gasteiger partial charge in [0.05, 0.1) is 75.5 Å². The summed E-state index contributed by atoms with van der Waals surface area (Å²) in [6, 6.07) is 13.1. The van der Waals surface area contributed by atoms with Crippen LogP contribution in [0.3, 0.4) is 0 Å². The fourth-order valence-corrected chi connectivity index (χ4v) is 4.64. The quantitative estimate of drug-likeness (QED) is 0.0588. The van der Waals surface area contributed by atoms with E-state index < -0.39 is 5.97 Å². The number of anilines is 2. The molecule has 0 saturated heterocycles. The normalized spacial score (nSPS) is 10.6. The molecule has 0 aliphatic heterocycles. The molecule has 42 heavy (non-hydrogen) atoms. The van der Waals surface area contributed by atoms with Crippen molar-refractivity contribution >= 4 is 70.4 Å². The summed E-state index contributed by atoms with van der Waals surface area (Å²) < 4.78 is 19.4. The highest BCUT2D eigenvalue weighted by Gasteiger charge is 2.14. The summed E-state index contributed by atoms with van der Waals surface area (Å²) in [4.78, 5) is 31.8. The van der Waals surface area contributed by atoms with E-state index >= 15 is 0 Å². The Labute approximate surface area is 257 Å². The number of hydrogen-bond acceptors (Lipinski definition) is 15. The Kier molecular flexibility index (Phi) is 13.5. The number of benzene rings is 2. The molecular formula is C25H23Cl2N4O9S2-. The molecule has 2 heterocycles. The van der Waals surface area contributed by atoms with Crippen LogP contribution in [0.5, 0.6) is 0 Å². The lowest BCUT2D eigenvalue weighted by atomic mass is 10.1. The third kappa shape index (κ3) is 9.95. The molecule has 0 bridgehead atoms. The summed E-state index contributed by atoms with van der Waals surface area (Å²) >= 11 is 13.7. The van der Waals surface area contributed by atoms with E-state index in [1.807, 2.05) is 6.07 Å². The molecule has 0 fully saturated rings. The first-order valence-corrected chi connectivity index (χ1v) is 13.8. The van der Waals surface area contributed by atoms with Crippen molar-refractivity contribution < 1.29 is 42.2 Å². The first-order valence-electron chi connectivity index (χ1n) is 11.6. The minimum Gasteiger partial charge on any atom is -0.545 e. The second-order valence-electron chi connectivity index (χ2n) is 7.86. The van der Waals surface area contributed by atoms with Crippen LogP contribution in [-0.2, 0) is 31.7 Å². The first-order chi connectivity index (χ1) is 20.2. The highest BCUT2D eigenvalue weighted by atomic mass is 35.5. The summed E-state index contributed by atoms with van der Waals surface area (Å²) in [5.74, 6) is 9.43. The van der Waals surface area contributed by atoms with E-state index in [0.717, 1.165) is 17.8 Å². The SMILES string of the molecule is CC(=O)c1cc(SOON)c(Cl)cc1NCc1ccco1.NOOSc1cc(C(=O)[O-])c(NCc2ccco2)cc1Cl. The Morgan fingerprint density at radius 2 is 1.29 bits per heavy atom. The maximum Gasteiger partial charge on any atom is 0.161 e. The summed E-state index contributed by atoms with van der Waals surface area (Å²) in [6.07, 6.45) is 3.10. The van der Waals surface area contributed by atoms with Crippen molar-refractivity contribution in [3.05, 3.63) is 93.7 Å². The van der Waals surface area contributed by atoms with Crippen LogP contribution < -0.4 is 27.5 Å². The number of hydrogen-bond donors (Lipinski definition) is 4. The van der Waals surface area contributed by atoms with Gasteiger partial charge in [-0.2, -0.15) is 11.8 Å². The molecule has 4 aromatic rings. The van der Waals surface area contributed by atoms with Gasteiger partial charge in [-0.05, 0) is 55.5 Å². The van der Waals surface area contributed by atoms with E-state index in [1.54, 1.807) is 36.6 Å². The van der Waals surface area contributed by atoms with Crippen molar-refractivity contribution in [1.82, 2.24) is 0 Å². The number of furan rings is 2. The lowest BCUT2D eigenvalue weighted by molar-refractivity contribution is -0.254. The average Bonchev–Trinajstić information content (AvgIpc) is 3.68. The molecule has 6 N–H and O–H groups in total. The zero-order chi connectivity index (χ0) is 30.5. The van der Waals surface area contributed by atoms with E-state index in [2.05, 4.69) is 29.3 Å². The number of carboxylic acids is 1. The largest absolute Gasteiger partial charge is 0.545 e. The summed E-state index contributed by atoms with van der Waals surface area (Å²) in [5.41, 5.74) is 1.32. The first kappa shape index (κ1) is 33.3. The molecule has 0 saturated carbocycles. The topological polar surface area (TPSA) is 196 Å². The summed E-state index contributed by atoms with van der Waals surface area (Å²) in [5, 5.41) is 17.9. The van der Waals surface area contributed by atoms with Crippen molar-refractivity contribution in [2.75, 3.05) is 10.6 Å². The van der Waals surface area contributed by atoms with Crippen molar-refractivity contribution in [2.45, 2.75) is 29.8 Å². The Morgan fingerprint density at radius 3 is 1.67 bits per heavy atom. The number of carbonyl (C=O) groups is 2. The van der Waals surface area contributed by atoms with Gasteiger partial charge in [0, 0.05) is 22.5 Å². The molecule has 13 nitrogen and oxygen atoms in total. The molecule has 224 valence electrons. The molecule has 4 rings (SSSR count). The third-order valence-electron chi connectivity index (χ3n) is 5.14. The highest BCUT2D eigenvalue weighted by molar-refractivity contribution is 7.95. The molecule has 0 atom stereocenters. The summed E-state index contributed by atoms with van der Waals surface area (Å²) in [6.45, 7) is 2.22. The second-order valence-corrected chi connectivity index (χ2v) is 10.2. The molecule has 17 heteroatoms. The van der Waals surface area contributed by atoms with Crippen LogP contribution in [0.2, 0.25) is 10.0 Å². The molecule has 0 amide bonds. The van der Waals surface area contributed by atoms with E-state index in [1.165, 1.54) is 25.3 Å². The Morgan fingerprint density at radius 1 is 0.833 bits per heavy atom. The molecule has 0 aliphatic carbocycles. The lowest BCUT2D eigenvalue weighted by Gasteiger charge is -2.14. The molecule has 0 aliphatic rings. The van der Waals surface area contributed by atoms with Crippen LogP contribution in [0.15, 0.2) is 79.7 Å². The zero-order valence-corrected chi connectivity index (χ0v) is 24.7. The third-order valence-corrected chi connectivity index (χ3v) is 7.31. The Balaban J connectivity index is 0.000000230. The highest BCUT2D eigenvalue weighted by Crippen LogP contribution is 2.34. The molecule has 0 radical (unpaired) electrons. The van der Waals surface area contributed by atoms with Gasteiger partial charge >= 0.3 is 0 Å². The average molecular weight is 659 g/mol. The number of aromatic carboxylic acids is 1. The van der Waals surface area contributed by atoms with Gasteiger partial charge < -0.3 is 29.4 Å². The van der Waals surface area contributed by atoms with Gasteiger partial charge in [0.2, 0.25) is 0 Å². The monoisotopic (exact) mass is 657 g/mol. The Bertz CT molecular complexity index is 1350. The van der Waals surface area contributed by atoms with Crippen LogP contribution in [0, 0.1) is 0 Å². The van der Waals surface area contributed by atoms with Gasteiger partial charge in [-0.1, -0.05) is 23.2 Å². The van der Waals surface area contributed by atoms with Crippen LogP contribution in [0.4, 0.5) is 11.4 Å². The van der Waals surface area contributed by atoms with Gasteiger partial charge in [0.15, 0.2) is 5.78 Å². The molecule has 0 unspecified atom stereocenters. The number of carboxylic acid groups (broad SMARTS) is 1. The van der Waals surface area contributed by atoms with Crippen molar-refractivity contribution in [3.63, 3.8) is 0 Å². The van der Waals surface area contributed by atoms with Crippen LogP contribution in [0.1, 0.15) is 39.2 Å². The van der Waals surface area contributed by atoms with Crippen LogP contribution in [-0.4, -0.2) is 11.8 Å². The zero-order valence-electron chi connectivity index (χ0n) is 21.6. The number of ketones is 1. The van der Waals surface area contributed by atoms with E-state index in [0.29, 0.717) is 62.6 Å². The molecule has 2 aromatic carbocycles. The standard InChI is InChI=1S/C13H13ClN2O4S.C12H11ClN2O5S/c1-8(17)10-5-13(21-20-19-15)11(14)6-12(10)16-7-9-3-2-4-18-9;13-9-5-10(15-6-7-2-1-3-18-7)8(12(16)17)4-11(9)21-20-19-14/h2-6,16H,7,15H2,1H3;1-5,15H,6,14H2,(H,16,17)/p-1. The second kappa shape index (κ2) is 17.0. The predicted octanol–water partition coefficient (Wildman–Crippen LogP) is 5.31. The number of carbonyl (C=O) groups excluding carboxylic acids is 2. The minimum atomic E-state index is -1.36. The minimum absolute atomic E-state index is 0.0749. The van der Waals surface area contributed by atoms with Gasteiger partial charge in [0.1, 0.15) is 11.5 Å². The fraction of sp³-hybridized carbons (Fsp3) is 0.120. The number of Topliss-reactive ketones (excluding diaryl/α,β-unsaturated/α-hetero) is 1.